The Bertz CT molecular complexity index is 493. The minimum absolute atomic E-state index is 0.309. The van der Waals surface area contributed by atoms with Gasteiger partial charge in [0.25, 0.3) is 0 Å². The standard InChI is InChI=1S/C12H10FNO3/c13-10-1-3-11(4-2-10)16-6-5-12-9(8-15)7-14-17-12/h1-4,7-8H,5-6H2. The summed E-state index contributed by atoms with van der Waals surface area (Å²) in [5.41, 5.74) is 0.424. The van der Waals surface area contributed by atoms with E-state index in [1.807, 2.05) is 0 Å². The van der Waals surface area contributed by atoms with Gasteiger partial charge in [0.15, 0.2) is 12.0 Å². The van der Waals surface area contributed by atoms with E-state index in [0.717, 1.165) is 0 Å². The molecule has 0 saturated heterocycles. The van der Waals surface area contributed by atoms with Crippen molar-refractivity contribution in [3.63, 3.8) is 0 Å². The highest BCUT2D eigenvalue weighted by molar-refractivity contribution is 5.75. The molecule has 4 nitrogen and oxygen atoms in total. The van der Waals surface area contributed by atoms with Crippen LogP contribution in [0, 0.1) is 5.82 Å². The van der Waals surface area contributed by atoms with E-state index in [0.29, 0.717) is 36.4 Å². The minimum Gasteiger partial charge on any atom is -0.493 e. The number of hydrogen-bond acceptors (Lipinski definition) is 4. The van der Waals surface area contributed by atoms with Crippen LogP contribution in [-0.2, 0) is 6.42 Å². The number of nitrogens with zero attached hydrogens (tertiary/aromatic N) is 1. The predicted molar refractivity (Wildman–Crippen MR) is 57.5 cm³/mol. The fourth-order valence-electron chi connectivity index (χ4n) is 1.35. The molecule has 0 radical (unpaired) electrons. The third-order valence-electron chi connectivity index (χ3n) is 2.22. The van der Waals surface area contributed by atoms with E-state index in [9.17, 15) is 9.18 Å². The average Bonchev–Trinajstić information content (AvgIpc) is 2.79. The van der Waals surface area contributed by atoms with Crippen molar-refractivity contribution >= 4 is 6.29 Å². The highest BCUT2D eigenvalue weighted by atomic mass is 19.1. The molecule has 0 bridgehead atoms. The molecule has 0 spiro atoms. The van der Waals surface area contributed by atoms with Crippen LogP contribution in [0.2, 0.25) is 0 Å². The van der Waals surface area contributed by atoms with Crippen molar-refractivity contribution in [2.75, 3.05) is 6.61 Å². The SMILES string of the molecule is O=Cc1cnoc1CCOc1ccc(F)cc1. The quantitative estimate of drug-likeness (QED) is 0.746. The van der Waals surface area contributed by atoms with Crippen LogP contribution in [0.1, 0.15) is 16.1 Å². The summed E-state index contributed by atoms with van der Waals surface area (Å²) in [4.78, 5) is 10.6. The highest BCUT2D eigenvalue weighted by Gasteiger charge is 2.06. The summed E-state index contributed by atoms with van der Waals surface area (Å²) in [6.07, 6.45) is 2.48. The molecule has 1 aromatic heterocycles. The minimum atomic E-state index is -0.309. The van der Waals surface area contributed by atoms with Gasteiger partial charge in [-0.25, -0.2) is 4.39 Å². The molecule has 2 aromatic rings. The molecule has 0 aliphatic heterocycles. The maximum Gasteiger partial charge on any atom is 0.155 e. The first kappa shape index (κ1) is 11.3. The van der Waals surface area contributed by atoms with Gasteiger partial charge in [0, 0.05) is 6.42 Å². The van der Waals surface area contributed by atoms with E-state index in [4.69, 9.17) is 9.26 Å². The lowest BCUT2D eigenvalue weighted by Crippen LogP contribution is -2.02. The first-order chi connectivity index (χ1) is 8.29. The lowest BCUT2D eigenvalue weighted by Gasteiger charge is -2.04. The monoisotopic (exact) mass is 235 g/mol. The summed E-state index contributed by atoms with van der Waals surface area (Å²) in [5, 5.41) is 3.52. The van der Waals surface area contributed by atoms with E-state index in [1.54, 1.807) is 0 Å². The molecule has 0 atom stereocenters. The van der Waals surface area contributed by atoms with Crippen molar-refractivity contribution in [2.45, 2.75) is 6.42 Å². The zero-order chi connectivity index (χ0) is 12.1. The number of rotatable bonds is 5. The third-order valence-corrected chi connectivity index (χ3v) is 2.22. The molecular formula is C12H10FNO3. The van der Waals surface area contributed by atoms with E-state index in [2.05, 4.69) is 5.16 Å². The summed E-state index contributed by atoms with van der Waals surface area (Å²) in [7, 11) is 0. The zero-order valence-electron chi connectivity index (χ0n) is 8.93. The van der Waals surface area contributed by atoms with E-state index >= 15 is 0 Å². The van der Waals surface area contributed by atoms with Crippen LogP contribution >= 0.6 is 0 Å². The van der Waals surface area contributed by atoms with Gasteiger partial charge < -0.3 is 9.26 Å². The van der Waals surface area contributed by atoms with Crippen LogP contribution in [0.5, 0.6) is 5.75 Å². The highest BCUT2D eigenvalue weighted by Crippen LogP contribution is 2.12. The topological polar surface area (TPSA) is 52.3 Å². The number of hydrogen-bond donors (Lipinski definition) is 0. The number of carbonyl (C=O) groups is 1. The lowest BCUT2D eigenvalue weighted by molar-refractivity contribution is 0.112. The van der Waals surface area contributed by atoms with Crippen molar-refractivity contribution < 1.29 is 18.4 Å². The molecule has 1 heterocycles. The Labute approximate surface area is 97.0 Å². The molecular weight excluding hydrogens is 225 g/mol. The number of halogens is 1. The van der Waals surface area contributed by atoms with Crippen LogP contribution in [0.15, 0.2) is 35.0 Å². The normalized spacial score (nSPS) is 10.2. The molecule has 0 N–H and O–H groups in total. The number of aldehydes is 1. The maximum absolute atomic E-state index is 12.6. The molecule has 0 amide bonds. The van der Waals surface area contributed by atoms with Gasteiger partial charge in [0.1, 0.15) is 11.6 Å². The summed E-state index contributed by atoms with van der Waals surface area (Å²) in [5.74, 6) is 0.747. The Hall–Kier alpha value is -2.17. The van der Waals surface area contributed by atoms with E-state index in [-0.39, 0.29) is 5.82 Å². The Morgan fingerprint density at radius 1 is 1.35 bits per heavy atom. The first-order valence-corrected chi connectivity index (χ1v) is 5.06. The third kappa shape index (κ3) is 2.90. The largest absolute Gasteiger partial charge is 0.493 e. The van der Waals surface area contributed by atoms with Gasteiger partial charge in [-0.1, -0.05) is 5.16 Å². The van der Waals surface area contributed by atoms with Crippen LogP contribution in [0.3, 0.4) is 0 Å². The number of ether oxygens (including phenoxy) is 1. The predicted octanol–water partition coefficient (Wildman–Crippen LogP) is 2.25. The summed E-state index contributed by atoms with van der Waals surface area (Å²) in [6.45, 7) is 0.335. The molecule has 0 fully saturated rings. The van der Waals surface area contributed by atoms with Gasteiger partial charge in [-0.15, -0.1) is 0 Å². The number of benzene rings is 1. The van der Waals surface area contributed by atoms with Gasteiger partial charge in [0.05, 0.1) is 18.4 Å². The molecule has 88 valence electrons. The van der Waals surface area contributed by atoms with Gasteiger partial charge >= 0.3 is 0 Å². The van der Waals surface area contributed by atoms with Crippen molar-refractivity contribution in [1.82, 2.24) is 5.16 Å². The molecule has 0 aliphatic rings. The molecule has 1 aromatic carbocycles. The first-order valence-electron chi connectivity index (χ1n) is 5.06. The second-order valence-corrected chi connectivity index (χ2v) is 3.37. The smallest absolute Gasteiger partial charge is 0.155 e. The molecule has 5 heteroatoms. The van der Waals surface area contributed by atoms with Crippen LogP contribution in [0.4, 0.5) is 4.39 Å². The Balaban J connectivity index is 1.87. The number of carbonyl (C=O) groups excluding carboxylic acids is 1. The van der Waals surface area contributed by atoms with Gasteiger partial charge in [-0.3, -0.25) is 4.79 Å². The summed E-state index contributed by atoms with van der Waals surface area (Å²) < 4.78 is 22.9. The van der Waals surface area contributed by atoms with Crippen LogP contribution in [0.25, 0.3) is 0 Å². The Morgan fingerprint density at radius 3 is 2.82 bits per heavy atom. The molecule has 0 aliphatic carbocycles. The summed E-state index contributed by atoms with van der Waals surface area (Å²) in [6, 6.07) is 5.72. The molecule has 0 unspecified atom stereocenters. The maximum atomic E-state index is 12.6. The lowest BCUT2D eigenvalue weighted by atomic mass is 10.2. The van der Waals surface area contributed by atoms with Crippen molar-refractivity contribution in [3.8, 4) is 5.75 Å². The van der Waals surface area contributed by atoms with Crippen LogP contribution in [-0.4, -0.2) is 18.0 Å². The van der Waals surface area contributed by atoms with Gasteiger partial charge in [-0.2, -0.15) is 0 Å². The van der Waals surface area contributed by atoms with E-state index in [1.165, 1.54) is 30.5 Å². The van der Waals surface area contributed by atoms with Crippen LogP contribution < -0.4 is 4.74 Å². The van der Waals surface area contributed by atoms with Crippen molar-refractivity contribution in [3.05, 3.63) is 47.6 Å². The fraction of sp³-hybridized carbons (Fsp3) is 0.167. The van der Waals surface area contributed by atoms with E-state index < -0.39 is 0 Å². The fourth-order valence-corrected chi connectivity index (χ4v) is 1.35. The molecule has 17 heavy (non-hydrogen) atoms. The Kier molecular flexibility index (Phi) is 3.49. The summed E-state index contributed by atoms with van der Waals surface area (Å²) >= 11 is 0. The average molecular weight is 235 g/mol. The zero-order valence-corrected chi connectivity index (χ0v) is 8.93. The molecule has 2 rings (SSSR count). The molecule has 0 saturated carbocycles. The second kappa shape index (κ2) is 5.25. The van der Waals surface area contributed by atoms with Crippen molar-refractivity contribution in [1.29, 1.82) is 0 Å². The Morgan fingerprint density at radius 2 is 2.12 bits per heavy atom. The van der Waals surface area contributed by atoms with Gasteiger partial charge in [-0.05, 0) is 24.3 Å². The van der Waals surface area contributed by atoms with Gasteiger partial charge in [0.2, 0.25) is 0 Å². The number of aromatic nitrogens is 1. The van der Waals surface area contributed by atoms with Crippen molar-refractivity contribution in [2.24, 2.45) is 0 Å². The second-order valence-electron chi connectivity index (χ2n) is 3.37.